The van der Waals surface area contributed by atoms with E-state index < -0.39 is 0 Å². The van der Waals surface area contributed by atoms with Crippen LogP contribution in [0.15, 0.2) is 18.2 Å². The van der Waals surface area contributed by atoms with Crippen molar-refractivity contribution in [1.82, 2.24) is 5.32 Å². The Morgan fingerprint density at radius 3 is 2.71 bits per heavy atom. The van der Waals surface area contributed by atoms with Crippen molar-refractivity contribution in [2.24, 2.45) is 5.92 Å². The third kappa shape index (κ3) is 5.68. The Labute approximate surface area is 103 Å². The molecule has 17 heavy (non-hydrogen) atoms. The molecule has 0 radical (unpaired) electrons. The summed E-state index contributed by atoms with van der Waals surface area (Å²) in [5.41, 5.74) is 6.65. The Bertz CT molecular complexity index is 337. The average Bonchev–Trinajstić information content (AvgIpc) is 2.25. The number of unbranched alkanes of at least 4 members (excludes halogenated alkanes) is 1. The minimum atomic E-state index is -0.223. The molecular weight excluding hydrogens is 215 g/mol. The van der Waals surface area contributed by atoms with Gasteiger partial charge in [-0.25, -0.2) is 4.39 Å². The molecule has 3 heteroatoms. The van der Waals surface area contributed by atoms with Crippen molar-refractivity contribution in [3.8, 4) is 0 Å². The van der Waals surface area contributed by atoms with Crippen molar-refractivity contribution in [3.05, 3.63) is 29.6 Å². The Morgan fingerprint density at radius 1 is 1.29 bits per heavy atom. The van der Waals surface area contributed by atoms with Gasteiger partial charge >= 0.3 is 0 Å². The molecule has 0 amide bonds. The van der Waals surface area contributed by atoms with Crippen LogP contribution in [0.4, 0.5) is 10.1 Å². The van der Waals surface area contributed by atoms with Crippen LogP contribution in [-0.2, 0) is 6.54 Å². The van der Waals surface area contributed by atoms with Gasteiger partial charge in [0.05, 0.1) is 0 Å². The van der Waals surface area contributed by atoms with E-state index in [0.717, 1.165) is 18.9 Å². The molecule has 0 spiro atoms. The number of benzene rings is 1. The standard InChI is InChI=1S/C14H23FN2/c1-11(2)5-3-4-8-17-10-12-6-7-13(16)9-14(12)15/h6-7,9,11,17H,3-5,8,10,16H2,1-2H3. The molecule has 0 bridgehead atoms. The molecule has 3 N–H and O–H groups in total. The molecule has 0 aliphatic carbocycles. The normalized spacial score (nSPS) is 11.1. The van der Waals surface area contributed by atoms with Crippen LogP contribution in [0.1, 0.15) is 38.7 Å². The number of hydrogen-bond donors (Lipinski definition) is 2. The first-order valence-electron chi connectivity index (χ1n) is 6.34. The lowest BCUT2D eigenvalue weighted by Crippen LogP contribution is -2.15. The van der Waals surface area contributed by atoms with E-state index in [-0.39, 0.29) is 5.82 Å². The van der Waals surface area contributed by atoms with Crippen molar-refractivity contribution in [1.29, 1.82) is 0 Å². The SMILES string of the molecule is CC(C)CCCCNCc1ccc(N)cc1F. The van der Waals surface area contributed by atoms with Crippen LogP contribution < -0.4 is 11.1 Å². The molecule has 1 rings (SSSR count). The van der Waals surface area contributed by atoms with E-state index in [2.05, 4.69) is 19.2 Å². The maximum atomic E-state index is 13.4. The van der Waals surface area contributed by atoms with Crippen LogP contribution in [0.3, 0.4) is 0 Å². The first-order chi connectivity index (χ1) is 8.09. The summed E-state index contributed by atoms with van der Waals surface area (Å²) in [6.07, 6.45) is 3.64. The van der Waals surface area contributed by atoms with Gasteiger partial charge in [0.15, 0.2) is 0 Å². The number of nitrogen functional groups attached to an aromatic ring is 1. The molecular formula is C14H23FN2. The van der Waals surface area contributed by atoms with E-state index in [9.17, 15) is 4.39 Å². The third-order valence-electron chi connectivity index (χ3n) is 2.78. The predicted octanol–water partition coefficient (Wildman–Crippen LogP) is 3.32. The van der Waals surface area contributed by atoms with Crippen LogP contribution in [0.5, 0.6) is 0 Å². The first-order valence-corrected chi connectivity index (χ1v) is 6.34. The number of anilines is 1. The van der Waals surface area contributed by atoms with Gasteiger partial charge in [-0.3, -0.25) is 0 Å². The summed E-state index contributed by atoms with van der Waals surface area (Å²) in [7, 11) is 0. The highest BCUT2D eigenvalue weighted by molar-refractivity contribution is 5.40. The molecule has 0 fully saturated rings. The molecule has 1 aromatic carbocycles. The first kappa shape index (κ1) is 14.0. The summed E-state index contributed by atoms with van der Waals surface area (Å²) in [5.74, 6) is 0.546. The lowest BCUT2D eigenvalue weighted by Gasteiger charge is -2.07. The van der Waals surface area contributed by atoms with E-state index in [1.54, 1.807) is 12.1 Å². The quantitative estimate of drug-likeness (QED) is 0.565. The van der Waals surface area contributed by atoms with E-state index in [1.807, 2.05) is 0 Å². The van der Waals surface area contributed by atoms with Gasteiger partial charge in [-0.2, -0.15) is 0 Å². The lowest BCUT2D eigenvalue weighted by molar-refractivity contribution is 0.516. The number of nitrogens with one attached hydrogen (secondary N) is 1. The van der Waals surface area contributed by atoms with Crippen molar-refractivity contribution in [2.75, 3.05) is 12.3 Å². The second kappa shape index (κ2) is 7.28. The minimum absolute atomic E-state index is 0.223. The second-order valence-corrected chi connectivity index (χ2v) is 4.92. The smallest absolute Gasteiger partial charge is 0.129 e. The van der Waals surface area contributed by atoms with Gasteiger partial charge in [-0.15, -0.1) is 0 Å². The summed E-state index contributed by atoms with van der Waals surface area (Å²) in [6.45, 7) is 5.98. The van der Waals surface area contributed by atoms with E-state index in [4.69, 9.17) is 5.73 Å². The molecule has 1 aromatic rings. The highest BCUT2D eigenvalue weighted by Crippen LogP contribution is 2.11. The highest BCUT2D eigenvalue weighted by atomic mass is 19.1. The van der Waals surface area contributed by atoms with Gasteiger partial charge in [-0.05, 0) is 31.0 Å². The van der Waals surface area contributed by atoms with Gasteiger partial charge in [0.2, 0.25) is 0 Å². The minimum Gasteiger partial charge on any atom is -0.399 e. The molecule has 0 aromatic heterocycles. The maximum absolute atomic E-state index is 13.4. The second-order valence-electron chi connectivity index (χ2n) is 4.92. The highest BCUT2D eigenvalue weighted by Gasteiger charge is 2.01. The van der Waals surface area contributed by atoms with Crippen LogP contribution in [0.25, 0.3) is 0 Å². The van der Waals surface area contributed by atoms with Crippen LogP contribution in [-0.4, -0.2) is 6.54 Å². The summed E-state index contributed by atoms with van der Waals surface area (Å²) >= 11 is 0. The van der Waals surface area contributed by atoms with Crippen LogP contribution >= 0.6 is 0 Å². The fraction of sp³-hybridized carbons (Fsp3) is 0.571. The van der Waals surface area contributed by atoms with Crippen LogP contribution in [0, 0.1) is 11.7 Å². The Hall–Kier alpha value is -1.09. The predicted molar refractivity (Wildman–Crippen MR) is 71.2 cm³/mol. The van der Waals surface area contributed by atoms with Crippen molar-refractivity contribution in [2.45, 2.75) is 39.7 Å². The average molecular weight is 238 g/mol. The monoisotopic (exact) mass is 238 g/mol. The van der Waals surface area contributed by atoms with Gasteiger partial charge in [0, 0.05) is 17.8 Å². The maximum Gasteiger partial charge on any atom is 0.129 e. The molecule has 0 saturated heterocycles. The summed E-state index contributed by atoms with van der Waals surface area (Å²) < 4.78 is 13.4. The van der Waals surface area contributed by atoms with Gasteiger partial charge < -0.3 is 11.1 Å². The zero-order valence-corrected chi connectivity index (χ0v) is 10.8. The Balaban J connectivity index is 2.18. The lowest BCUT2D eigenvalue weighted by atomic mass is 10.1. The zero-order chi connectivity index (χ0) is 12.7. The van der Waals surface area contributed by atoms with E-state index in [1.165, 1.54) is 18.9 Å². The van der Waals surface area contributed by atoms with Gasteiger partial charge in [-0.1, -0.05) is 32.8 Å². The summed E-state index contributed by atoms with van der Waals surface area (Å²) in [6, 6.07) is 4.85. The number of nitrogens with two attached hydrogens (primary N) is 1. The van der Waals surface area contributed by atoms with E-state index >= 15 is 0 Å². The number of rotatable bonds is 7. The molecule has 0 unspecified atom stereocenters. The summed E-state index contributed by atoms with van der Waals surface area (Å²) in [4.78, 5) is 0. The fourth-order valence-electron chi connectivity index (χ4n) is 1.73. The van der Waals surface area contributed by atoms with Crippen molar-refractivity contribution >= 4 is 5.69 Å². The molecule has 0 aliphatic heterocycles. The number of hydrogen-bond acceptors (Lipinski definition) is 2. The molecule has 0 aliphatic rings. The molecule has 0 atom stereocenters. The molecule has 96 valence electrons. The Kier molecular flexibility index (Phi) is 5.98. The molecule has 0 heterocycles. The zero-order valence-electron chi connectivity index (χ0n) is 10.8. The largest absolute Gasteiger partial charge is 0.399 e. The van der Waals surface area contributed by atoms with Crippen LogP contribution in [0.2, 0.25) is 0 Å². The molecule has 2 nitrogen and oxygen atoms in total. The van der Waals surface area contributed by atoms with Crippen molar-refractivity contribution < 1.29 is 4.39 Å². The number of halogens is 1. The van der Waals surface area contributed by atoms with Crippen molar-refractivity contribution in [3.63, 3.8) is 0 Å². The third-order valence-corrected chi connectivity index (χ3v) is 2.78. The van der Waals surface area contributed by atoms with E-state index in [0.29, 0.717) is 17.8 Å². The topological polar surface area (TPSA) is 38.0 Å². The Morgan fingerprint density at radius 2 is 2.06 bits per heavy atom. The van der Waals surface area contributed by atoms with Gasteiger partial charge in [0.25, 0.3) is 0 Å². The fourth-order valence-corrected chi connectivity index (χ4v) is 1.73. The van der Waals surface area contributed by atoms with Gasteiger partial charge in [0.1, 0.15) is 5.82 Å². The molecule has 0 saturated carbocycles. The summed E-state index contributed by atoms with van der Waals surface area (Å²) in [5, 5.41) is 3.25.